The third-order valence-electron chi connectivity index (χ3n) is 7.93. The molecule has 0 saturated heterocycles. The molecule has 0 aliphatic carbocycles. The average molecular weight is 802 g/mol. The zero-order valence-electron chi connectivity index (χ0n) is 34.3. The maximum atomic E-state index is 12.5. The van der Waals surface area contributed by atoms with Crippen LogP contribution in [0.3, 0.4) is 0 Å². The van der Waals surface area contributed by atoms with Crippen LogP contribution in [0.2, 0.25) is 0 Å². The van der Waals surface area contributed by atoms with E-state index in [0.29, 0.717) is 6.42 Å². The summed E-state index contributed by atoms with van der Waals surface area (Å²) in [7, 11) is -4.45. The van der Waals surface area contributed by atoms with Crippen molar-refractivity contribution in [3.8, 4) is 0 Å². The van der Waals surface area contributed by atoms with Crippen molar-refractivity contribution in [1.82, 2.24) is 0 Å². The number of nitrogens with two attached hydrogens (primary N) is 1. The van der Waals surface area contributed by atoms with E-state index in [1.165, 1.54) is 25.3 Å². The van der Waals surface area contributed by atoms with Crippen LogP contribution in [-0.4, -0.2) is 55.1 Å². The third kappa shape index (κ3) is 38.9. The van der Waals surface area contributed by atoms with E-state index in [0.717, 1.165) is 70.6 Å². The van der Waals surface area contributed by atoms with Crippen molar-refractivity contribution in [3.05, 3.63) is 97.2 Å². The molecular weight excluding hydrogens is 729 g/mol. The second kappa shape index (κ2) is 39.8. The molecule has 0 aliphatic heterocycles. The Morgan fingerprint density at radius 3 is 1.77 bits per heavy atom. The van der Waals surface area contributed by atoms with Crippen LogP contribution < -0.4 is 5.73 Å². The number of rotatable bonds is 37. The van der Waals surface area contributed by atoms with E-state index in [1.54, 1.807) is 6.08 Å². The first kappa shape index (κ1) is 52.6. The number of ketones is 1. The van der Waals surface area contributed by atoms with Gasteiger partial charge in [-0.05, 0) is 83.1 Å². The van der Waals surface area contributed by atoms with Gasteiger partial charge in [-0.2, -0.15) is 0 Å². The molecule has 316 valence electrons. The van der Waals surface area contributed by atoms with Crippen LogP contribution >= 0.6 is 7.82 Å². The lowest BCUT2D eigenvalue weighted by Crippen LogP contribution is -2.29. The topological polar surface area (TPSA) is 151 Å². The maximum absolute atomic E-state index is 12.5. The van der Waals surface area contributed by atoms with Gasteiger partial charge in [-0.15, -0.1) is 0 Å². The zero-order valence-corrected chi connectivity index (χ0v) is 35.2. The van der Waals surface area contributed by atoms with Gasteiger partial charge in [0.15, 0.2) is 11.9 Å². The van der Waals surface area contributed by atoms with Crippen molar-refractivity contribution in [1.29, 1.82) is 0 Å². The molecular formula is C45H72NO9P. The Bertz CT molecular complexity index is 1300. The predicted molar refractivity (Wildman–Crippen MR) is 229 cm³/mol. The minimum Gasteiger partial charge on any atom is -0.462 e. The summed E-state index contributed by atoms with van der Waals surface area (Å²) in [6, 6.07) is 0. The van der Waals surface area contributed by atoms with Crippen LogP contribution in [0.4, 0.5) is 0 Å². The Hall–Kier alpha value is -3.40. The average Bonchev–Trinajstić information content (AvgIpc) is 3.18. The van der Waals surface area contributed by atoms with Gasteiger partial charge in [0.05, 0.1) is 13.2 Å². The normalized spacial score (nSPS) is 14.2. The summed E-state index contributed by atoms with van der Waals surface area (Å²) in [4.78, 5) is 47.0. The number of unbranched alkanes of at least 4 members (excludes halogenated alkanes) is 7. The van der Waals surface area contributed by atoms with Gasteiger partial charge in [-0.25, -0.2) is 4.57 Å². The van der Waals surface area contributed by atoms with E-state index in [2.05, 4.69) is 86.8 Å². The molecule has 11 heteroatoms. The summed E-state index contributed by atoms with van der Waals surface area (Å²) < 4.78 is 32.5. The molecule has 0 aliphatic rings. The second-order valence-electron chi connectivity index (χ2n) is 13.2. The summed E-state index contributed by atoms with van der Waals surface area (Å²) in [6.45, 7) is 3.24. The highest BCUT2D eigenvalue weighted by molar-refractivity contribution is 7.47. The van der Waals surface area contributed by atoms with Gasteiger partial charge in [0.25, 0.3) is 0 Å². The molecule has 2 atom stereocenters. The number of carbonyl (C=O) groups is 3. The first-order valence-electron chi connectivity index (χ1n) is 20.7. The fourth-order valence-electron chi connectivity index (χ4n) is 4.87. The first-order valence-corrected chi connectivity index (χ1v) is 22.2. The smallest absolute Gasteiger partial charge is 0.462 e. The largest absolute Gasteiger partial charge is 0.472 e. The Kier molecular flexibility index (Phi) is 37.4. The summed E-state index contributed by atoms with van der Waals surface area (Å²) in [6.07, 6.45) is 47.3. The van der Waals surface area contributed by atoms with Gasteiger partial charge in [0.1, 0.15) is 6.61 Å². The molecule has 56 heavy (non-hydrogen) atoms. The van der Waals surface area contributed by atoms with Gasteiger partial charge in [-0.1, -0.05) is 131 Å². The number of phosphoric ester groups is 1. The van der Waals surface area contributed by atoms with E-state index in [1.807, 2.05) is 12.2 Å². The first-order chi connectivity index (χ1) is 27.2. The number of carbonyl (C=O) groups excluding carboxylic acids is 3. The van der Waals surface area contributed by atoms with Crippen LogP contribution in [0.15, 0.2) is 97.2 Å². The fourth-order valence-corrected chi connectivity index (χ4v) is 5.64. The lowest BCUT2D eigenvalue weighted by molar-refractivity contribution is -0.161. The van der Waals surface area contributed by atoms with E-state index in [9.17, 15) is 23.8 Å². The molecule has 0 aromatic rings. The van der Waals surface area contributed by atoms with Crippen molar-refractivity contribution < 1.29 is 42.4 Å². The molecule has 0 aromatic heterocycles. The van der Waals surface area contributed by atoms with Crippen molar-refractivity contribution in [2.24, 2.45) is 5.73 Å². The Morgan fingerprint density at radius 2 is 1.16 bits per heavy atom. The molecule has 0 saturated carbocycles. The molecule has 0 bridgehead atoms. The predicted octanol–water partition coefficient (Wildman–Crippen LogP) is 11.0. The summed E-state index contributed by atoms with van der Waals surface area (Å²) >= 11 is 0. The van der Waals surface area contributed by atoms with Crippen molar-refractivity contribution in [2.75, 3.05) is 26.4 Å². The number of hydrogen-bond acceptors (Lipinski definition) is 9. The van der Waals surface area contributed by atoms with Crippen LogP contribution in [0.1, 0.15) is 136 Å². The third-order valence-corrected chi connectivity index (χ3v) is 8.91. The minimum atomic E-state index is -4.45. The van der Waals surface area contributed by atoms with E-state index >= 15 is 0 Å². The molecule has 1 unspecified atom stereocenters. The minimum absolute atomic E-state index is 0.00722. The highest BCUT2D eigenvalue weighted by atomic mass is 31.2. The van der Waals surface area contributed by atoms with Crippen LogP contribution in [0, 0.1) is 0 Å². The SMILES string of the molecule is CC/C=C\C/C=C\C/C=C\C/C=C\CCCCCCC(=O)OC[C@H](COP(=O)(O)OCCN)OC(=O)CCCC(=O)/C=C/C=C\C/C=C\C/C=C\CCCCC. The number of esters is 2. The summed E-state index contributed by atoms with van der Waals surface area (Å²) in [5.41, 5.74) is 5.32. The highest BCUT2D eigenvalue weighted by Crippen LogP contribution is 2.43. The standard InChI is InChI=1S/C45H72NO9P/c1-3-5-7-9-11-13-15-17-18-19-20-22-24-26-28-30-32-36-44(48)52-40-43(41-54-56(50,51)53-39-38-46)55-45(49)37-33-35-42(47)34-31-29-27-25-23-21-16-14-12-10-8-6-4-2/h5,7,11-14,17-18,20-23,27,29,31,34,43H,3-4,6,8-10,15-16,19,24-26,28,30,32-33,35-41,46H2,1-2H3,(H,50,51)/b7-5-,13-11-,14-12-,18-17-,22-20-,23-21-,29-27-,34-31+/t43-/m1/s1. The van der Waals surface area contributed by atoms with E-state index in [-0.39, 0.29) is 51.2 Å². The lowest BCUT2D eigenvalue weighted by atomic mass is 10.1. The van der Waals surface area contributed by atoms with Crippen LogP contribution in [0.25, 0.3) is 0 Å². The highest BCUT2D eigenvalue weighted by Gasteiger charge is 2.26. The Balaban J connectivity index is 4.45. The fraction of sp³-hybridized carbons (Fsp3) is 0.578. The maximum Gasteiger partial charge on any atom is 0.472 e. The molecule has 0 heterocycles. The molecule has 3 N–H and O–H groups in total. The Labute approximate surface area is 338 Å². The van der Waals surface area contributed by atoms with Gasteiger partial charge >= 0.3 is 19.8 Å². The van der Waals surface area contributed by atoms with Gasteiger partial charge in [-0.3, -0.25) is 23.4 Å². The quantitative estimate of drug-likeness (QED) is 0.0155. The molecule has 0 aromatic carbocycles. The molecule has 0 rings (SSSR count). The van der Waals surface area contributed by atoms with Crippen LogP contribution in [-0.2, 0) is 37.5 Å². The number of ether oxygens (including phenoxy) is 2. The van der Waals surface area contributed by atoms with Crippen molar-refractivity contribution >= 4 is 25.5 Å². The second-order valence-corrected chi connectivity index (χ2v) is 14.6. The van der Waals surface area contributed by atoms with Gasteiger partial charge in [0.2, 0.25) is 0 Å². The summed E-state index contributed by atoms with van der Waals surface area (Å²) in [5.74, 6) is -1.25. The number of allylic oxidation sites excluding steroid dienone is 16. The molecule has 0 spiro atoms. The summed E-state index contributed by atoms with van der Waals surface area (Å²) in [5, 5.41) is 0. The lowest BCUT2D eigenvalue weighted by Gasteiger charge is -2.19. The zero-order chi connectivity index (χ0) is 41.2. The number of phosphoric acid groups is 1. The molecule has 10 nitrogen and oxygen atoms in total. The van der Waals surface area contributed by atoms with E-state index in [4.69, 9.17) is 24.3 Å². The van der Waals surface area contributed by atoms with Gasteiger partial charge in [0, 0.05) is 25.8 Å². The molecule has 0 amide bonds. The molecule has 0 radical (unpaired) electrons. The molecule has 0 fully saturated rings. The van der Waals surface area contributed by atoms with Crippen molar-refractivity contribution in [2.45, 2.75) is 142 Å². The van der Waals surface area contributed by atoms with E-state index < -0.39 is 32.5 Å². The monoisotopic (exact) mass is 801 g/mol. The Morgan fingerprint density at radius 1 is 0.607 bits per heavy atom. The number of hydrogen-bond donors (Lipinski definition) is 2. The van der Waals surface area contributed by atoms with Crippen molar-refractivity contribution in [3.63, 3.8) is 0 Å². The van der Waals surface area contributed by atoms with Gasteiger partial charge < -0.3 is 20.1 Å². The van der Waals surface area contributed by atoms with Crippen LogP contribution in [0.5, 0.6) is 0 Å².